The zero-order valence-corrected chi connectivity index (χ0v) is 13.3. The van der Waals surface area contributed by atoms with Gasteiger partial charge in [0.1, 0.15) is 0 Å². The highest BCUT2D eigenvalue weighted by Gasteiger charge is 2.15. The molecule has 1 heterocycles. The van der Waals surface area contributed by atoms with E-state index in [1.807, 2.05) is 12.1 Å². The number of thiophene rings is 1. The van der Waals surface area contributed by atoms with Gasteiger partial charge in [0, 0.05) is 12.1 Å². The van der Waals surface area contributed by atoms with E-state index in [2.05, 4.69) is 43.4 Å². The Bertz CT molecular complexity index is 524. The number of hydrogen-bond acceptors (Lipinski definition) is 2. The molecule has 19 heavy (non-hydrogen) atoms. The van der Waals surface area contributed by atoms with Gasteiger partial charge in [0.25, 0.3) is 0 Å². The van der Waals surface area contributed by atoms with Crippen molar-refractivity contribution >= 4 is 34.5 Å². The van der Waals surface area contributed by atoms with Crippen LogP contribution in [0.15, 0.2) is 36.4 Å². The van der Waals surface area contributed by atoms with Crippen LogP contribution in [0.3, 0.4) is 0 Å². The molecule has 1 nitrogen and oxygen atoms in total. The molecule has 0 amide bonds. The summed E-state index contributed by atoms with van der Waals surface area (Å²) in [5, 5.41) is 3.56. The van der Waals surface area contributed by atoms with E-state index in [1.165, 1.54) is 16.9 Å². The third kappa shape index (κ3) is 4.22. The van der Waals surface area contributed by atoms with Crippen molar-refractivity contribution in [2.75, 3.05) is 0 Å². The van der Waals surface area contributed by atoms with E-state index in [1.54, 1.807) is 0 Å². The number of rotatable bonds is 5. The Morgan fingerprint density at radius 2 is 1.84 bits per heavy atom. The maximum atomic E-state index is 6.18. The van der Waals surface area contributed by atoms with Gasteiger partial charge in [0.15, 0.2) is 0 Å². The summed E-state index contributed by atoms with van der Waals surface area (Å²) in [5.41, 5.74) is 2.42. The van der Waals surface area contributed by atoms with Gasteiger partial charge < -0.3 is 5.32 Å². The molecule has 0 aliphatic heterocycles. The molecule has 1 aromatic carbocycles. The van der Waals surface area contributed by atoms with E-state index in [0.717, 1.165) is 20.7 Å². The lowest BCUT2D eigenvalue weighted by Gasteiger charge is -2.20. The van der Waals surface area contributed by atoms with Gasteiger partial charge in [0.05, 0.1) is 8.67 Å². The summed E-state index contributed by atoms with van der Waals surface area (Å²) >= 11 is 13.6. The Balaban J connectivity index is 1.95. The lowest BCUT2D eigenvalue weighted by molar-refractivity contribution is 0.478. The summed E-state index contributed by atoms with van der Waals surface area (Å²) in [6, 6.07) is 13.0. The molecule has 0 aliphatic rings. The van der Waals surface area contributed by atoms with Crippen LogP contribution in [0, 0.1) is 0 Å². The summed E-state index contributed by atoms with van der Waals surface area (Å²) in [6.07, 6.45) is 1.00. The lowest BCUT2D eigenvalue weighted by Crippen LogP contribution is -2.30. The second-order valence-electron chi connectivity index (χ2n) is 4.76. The highest BCUT2D eigenvalue weighted by atomic mass is 35.5. The molecule has 0 aliphatic carbocycles. The molecule has 2 aromatic rings. The Kier molecular flexibility index (Phi) is 5.28. The van der Waals surface area contributed by atoms with Crippen molar-refractivity contribution < 1.29 is 0 Å². The zero-order chi connectivity index (χ0) is 13.8. The van der Waals surface area contributed by atoms with Crippen LogP contribution in [0.2, 0.25) is 8.67 Å². The molecule has 0 saturated heterocycles. The standard InChI is InChI=1S/C15H17Cl2NS/c1-10(8-12-6-4-3-5-7-12)18-11(2)13-9-14(16)19-15(13)17/h3-7,9-11,18H,8H2,1-2H3. The van der Waals surface area contributed by atoms with Crippen LogP contribution in [0.5, 0.6) is 0 Å². The van der Waals surface area contributed by atoms with E-state index in [9.17, 15) is 0 Å². The van der Waals surface area contributed by atoms with Crippen molar-refractivity contribution in [3.05, 3.63) is 56.2 Å². The van der Waals surface area contributed by atoms with Crippen LogP contribution in [0.4, 0.5) is 0 Å². The number of hydrogen-bond donors (Lipinski definition) is 1. The van der Waals surface area contributed by atoms with E-state index >= 15 is 0 Å². The quantitative estimate of drug-likeness (QED) is 0.786. The largest absolute Gasteiger partial charge is 0.307 e. The number of halogens is 2. The molecule has 2 atom stereocenters. The first-order valence-electron chi connectivity index (χ1n) is 6.31. The van der Waals surface area contributed by atoms with Crippen LogP contribution in [0.25, 0.3) is 0 Å². The van der Waals surface area contributed by atoms with Crippen molar-refractivity contribution in [1.82, 2.24) is 5.32 Å². The third-order valence-corrected chi connectivity index (χ3v) is 4.59. The molecular formula is C15H17Cl2NS. The Hall–Kier alpha value is -0.540. The summed E-state index contributed by atoms with van der Waals surface area (Å²) in [4.78, 5) is 0. The fourth-order valence-electron chi connectivity index (χ4n) is 2.19. The molecule has 1 aromatic heterocycles. The van der Waals surface area contributed by atoms with Gasteiger partial charge in [0.2, 0.25) is 0 Å². The lowest BCUT2D eigenvalue weighted by atomic mass is 10.1. The predicted molar refractivity (Wildman–Crippen MR) is 85.5 cm³/mol. The van der Waals surface area contributed by atoms with Crippen LogP contribution in [-0.2, 0) is 6.42 Å². The summed E-state index contributed by atoms with van der Waals surface area (Å²) < 4.78 is 1.52. The first-order chi connectivity index (χ1) is 9.06. The van der Waals surface area contributed by atoms with Crippen molar-refractivity contribution in [3.8, 4) is 0 Å². The predicted octanol–water partition coefficient (Wildman–Crippen LogP) is 5.34. The maximum absolute atomic E-state index is 6.18. The molecule has 0 radical (unpaired) electrons. The van der Waals surface area contributed by atoms with Crippen molar-refractivity contribution in [3.63, 3.8) is 0 Å². The average molecular weight is 314 g/mol. The van der Waals surface area contributed by atoms with Gasteiger partial charge in [-0.3, -0.25) is 0 Å². The Labute approximate surface area is 128 Å². The van der Waals surface area contributed by atoms with E-state index in [0.29, 0.717) is 6.04 Å². The van der Waals surface area contributed by atoms with Gasteiger partial charge in [-0.05, 0) is 37.5 Å². The fourth-order valence-corrected chi connectivity index (χ4v) is 3.84. The maximum Gasteiger partial charge on any atom is 0.0991 e. The molecule has 4 heteroatoms. The minimum Gasteiger partial charge on any atom is -0.307 e. The van der Waals surface area contributed by atoms with Crippen molar-refractivity contribution in [1.29, 1.82) is 0 Å². The molecule has 0 fully saturated rings. The highest BCUT2D eigenvalue weighted by Crippen LogP contribution is 2.34. The molecular weight excluding hydrogens is 297 g/mol. The van der Waals surface area contributed by atoms with Crippen LogP contribution >= 0.6 is 34.5 Å². The molecule has 2 unspecified atom stereocenters. The van der Waals surface area contributed by atoms with Gasteiger partial charge in [-0.2, -0.15) is 0 Å². The second kappa shape index (κ2) is 6.76. The summed E-state index contributed by atoms with van der Waals surface area (Å²) in [5.74, 6) is 0. The molecule has 0 bridgehead atoms. The third-order valence-electron chi connectivity index (χ3n) is 3.07. The fraction of sp³-hybridized carbons (Fsp3) is 0.333. The van der Waals surface area contributed by atoms with Gasteiger partial charge in [-0.15, -0.1) is 11.3 Å². The molecule has 0 saturated carbocycles. The molecule has 0 spiro atoms. The van der Waals surface area contributed by atoms with Crippen LogP contribution in [-0.4, -0.2) is 6.04 Å². The van der Waals surface area contributed by atoms with Gasteiger partial charge in [-0.1, -0.05) is 53.5 Å². The van der Waals surface area contributed by atoms with E-state index in [4.69, 9.17) is 23.2 Å². The van der Waals surface area contributed by atoms with Crippen molar-refractivity contribution in [2.45, 2.75) is 32.4 Å². The normalized spacial score (nSPS) is 14.3. The van der Waals surface area contributed by atoms with Crippen LogP contribution < -0.4 is 5.32 Å². The Morgan fingerprint density at radius 1 is 1.16 bits per heavy atom. The second-order valence-corrected chi connectivity index (χ2v) is 7.04. The smallest absolute Gasteiger partial charge is 0.0991 e. The average Bonchev–Trinajstić information content (AvgIpc) is 2.69. The van der Waals surface area contributed by atoms with Crippen molar-refractivity contribution in [2.24, 2.45) is 0 Å². The number of nitrogens with one attached hydrogen (secondary N) is 1. The molecule has 1 N–H and O–H groups in total. The summed E-state index contributed by atoms with van der Waals surface area (Å²) in [7, 11) is 0. The topological polar surface area (TPSA) is 12.0 Å². The molecule has 2 rings (SSSR count). The Morgan fingerprint density at radius 3 is 2.42 bits per heavy atom. The SMILES string of the molecule is CC(Cc1ccccc1)NC(C)c1cc(Cl)sc1Cl. The van der Waals surface area contributed by atoms with E-state index in [-0.39, 0.29) is 6.04 Å². The zero-order valence-electron chi connectivity index (χ0n) is 11.0. The number of benzene rings is 1. The minimum absolute atomic E-state index is 0.204. The van der Waals surface area contributed by atoms with Gasteiger partial charge >= 0.3 is 0 Å². The van der Waals surface area contributed by atoms with E-state index < -0.39 is 0 Å². The highest BCUT2D eigenvalue weighted by molar-refractivity contribution is 7.20. The molecule has 102 valence electrons. The summed E-state index contributed by atoms with van der Waals surface area (Å²) in [6.45, 7) is 4.30. The minimum atomic E-state index is 0.204. The first-order valence-corrected chi connectivity index (χ1v) is 7.88. The van der Waals surface area contributed by atoms with Crippen LogP contribution in [0.1, 0.15) is 31.0 Å². The first kappa shape index (κ1) is 14.9. The van der Waals surface area contributed by atoms with Gasteiger partial charge in [-0.25, -0.2) is 0 Å². The monoisotopic (exact) mass is 313 g/mol.